The van der Waals surface area contributed by atoms with Crippen LogP contribution in [0.4, 0.5) is 5.82 Å². The average Bonchev–Trinajstić information content (AvgIpc) is 3.07. The number of aryl methyl sites for hydroxylation is 1. The van der Waals surface area contributed by atoms with Crippen molar-refractivity contribution in [2.75, 3.05) is 25.5 Å². The summed E-state index contributed by atoms with van der Waals surface area (Å²) < 4.78 is 1.89. The van der Waals surface area contributed by atoms with E-state index in [0.29, 0.717) is 0 Å². The lowest BCUT2D eigenvalue weighted by Crippen LogP contribution is -2.27. The first kappa shape index (κ1) is 13.4. The average molecular weight is 273 g/mol. The molecule has 2 aromatic rings. The molecule has 1 aliphatic heterocycles. The molecule has 0 bridgehead atoms. The van der Waals surface area contributed by atoms with Gasteiger partial charge in [-0.1, -0.05) is 6.92 Å². The van der Waals surface area contributed by atoms with Gasteiger partial charge in [0, 0.05) is 30.4 Å². The van der Waals surface area contributed by atoms with E-state index in [2.05, 4.69) is 40.3 Å². The van der Waals surface area contributed by atoms with E-state index in [1.807, 2.05) is 10.6 Å². The van der Waals surface area contributed by atoms with Gasteiger partial charge in [-0.2, -0.15) is 9.61 Å². The first-order valence-electron chi connectivity index (χ1n) is 7.55. The molecule has 3 rings (SSSR count). The SMILES string of the molecule is CCc1cc(NCC[C@H]2CCCN2C)n2nccc2n1. The maximum atomic E-state index is 4.56. The summed E-state index contributed by atoms with van der Waals surface area (Å²) in [6, 6.07) is 4.79. The lowest BCUT2D eigenvalue weighted by Gasteiger charge is -2.19. The fraction of sp³-hybridized carbons (Fsp3) is 0.600. The van der Waals surface area contributed by atoms with E-state index >= 15 is 0 Å². The first-order valence-corrected chi connectivity index (χ1v) is 7.55. The lowest BCUT2D eigenvalue weighted by atomic mass is 10.1. The molecule has 1 N–H and O–H groups in total. The Labute approximate surface area is 120 Å². The van der Waals surface area contributed by atoms with Gasteiger partial charge < -0.3 is 10.2 Å². The number of rotatable bonds is 5. The molecule has 0 radical (unpaired) electrons. The third-order valence-electron chi connectivity index (χ3n) is 4.23. The molecule has 2 aromatic heterocycles. The maximum Gasteiger partial charge on any atom is 0.157 e. The Morgan fingerprint density at radius 3 is 3.10 bits per heavy atom. The second-order valence-corrected chi connectivity index (χ2v) is 5.58. The molecule has 1 aliphatic rings. The third-order valence-corrected chi connectivity index (χ3v) is 4.23. The number of nitrogens with one attached hydrogen (secondary N) is 1. The standard InChI is InChI=1S/C15H23N5/c1-3-12-11-15(20-14(18-12)7-9-17-20)16-8-6-13-5-4-10-19(13)2/h7,9,11,13,16H,3-6,8,10H2,1-2H3/t13-/m1/s1. The van der Waals surface area contributed by atoms with E-state index in [9.17, 15) is 0 Å². The van der Waals surface area contributed by atoms with Gasteiger partial charge in [-0.05, 0) is 39.3 Å². The number of aromatic nitrogens is 3. The Morgan fingerprint density at radius 2 is 2.35 bits per heavy atom. The smallest absolute Gasteiger partial charge is 0.157 e. The summed E-state index contributed by atoms with van der Waals surface area (Å²) in [4.78, 5) is 7.03. The summed E-state index contributed by atoms with van der Waals surface area (Å²) in [5.74, 6) is 1.05. The monoisotopic (exact) mass is 273 g/mol. The molecular formula is C15H23N5. The molecule has 3 heterocycles. The molecule has 0 amide bonds. The number of fused-ring (bicyclic) bond motifs is 1. The number of hydrogen-bond acceptors (Lipinski definition) is 4. The summed E-state index contributed by atoms with van der Waals surface area (Å²) in [5.41, 5.74) is 2.03. The van der Waals surface area contributed by atoms with Crippen molar-refractivity contribution in [1.82, 2.24) is 19.5 Å². The summed E-state index contributed by atoms with van der Waals surface area (Å²) in [6.45, 7) is 4.35. The van der Waals surface area contributed by atoms with Crippen molar-refractivity contribution in [3.05, 3.63) is 24.0 Å². The molecule has 1 saturated heterocycles. The zero-order chi connectivity index (χ0) is 13.9. The fourth-order valence-corrected chi connectivity index (χ4v) is 2.98. The molecule has 0 saturated carbocycles. The Bertz CT molecular complexity index is 577. The normalized spacial score (nSPS) is 19.8. The van der Waals surface area contributed by atoms with Crippen molar-refractivity contribution in [1.29, 1.82) is 0 Å². The molecule has 1 fully saturated rings. The van der Waals surface area contributed by atoms with Crippen molar-refractivity contribution in [2.24, 2.45) is 0 Å². The minimum atomic E-state index is 0.725. The van der Waals surface area contributed by atoms with Crippen LogP contribution in [0.1, 0.15) is 31.9 Å². The van der Waals surface area contributed by atoms with E-state index in [-0.39, 0.29) is 0 Å². The van der Waals surface area contributed by atoms with Gasteiger partial charge in [0.05, 0.1) is 6.20 Å². The van der Waals surface area contributed by atoms with Crippen LogP contribution in [0.15, 0.2) is 18.3 Å². The number of anilines is 1. The Kier molecular flexibility index (Phi) is 3.87. The Morgan fingerprint density at radius 1 is 1.45 bits per heavy atom. The minimum absolute atomic E-state index is 0.725. The second-order valence-electron chi connectivity index (χ2n) is 5.58. The minimum Gasteiger partial charge on any atom is -0.370 e. The van der Waals surface area contributed by atoms with Crippen LogP contribution in [-0.2, 0) is 6.42 Å². The Hall–Kier alpha value is -1.62. The van der Waals surface area contributed by atoms with Gasteiger partial charge in [-0.25, -0.2) is 4.98 Å². The van der Waals surface area contributed by atoms with Gasteiger partial charge in [0.25, 0.3) is 0 Å². The van der Waals surface area contributed by atoms with Crippen LogP contribution in [0.3, 0.4) is 0 Å². The van der Waals surface area contributed by atoms with Crippen molar-refractivity contribution in [2.45, 2.75) is 38.6 Å². The number of hydrogen-bond donors (Lipinski definition) is 1. The van der Waals surface area contributed by atoms with Crippen LogP contribution in [0, 0.1) is 0 Å². The van der Waals surface area contributed by atoms with Crippen LogP contribution in [-0.4, -0.2) is 45.7 Å². The number of likely N-dealkylation sites (tertiary alicyclic amines) is 1. The highest BCUT2D eigenvalue weighted by molar-refractivity contribution is 5.49. The van der Waals surface area contributed by atoms with Crippen molar-refractivity contribution < 1.29 is 0 Å². The zero-order valence-corrected chi connectivity index (χ0v) is 12.3. The molecule has 5 heteroatoms. The van der Waals surface area contributed by atoms with Crippen molar-refractivity contribution >= 4 is 11.5 Å². The zero-order valence-electron chi connectivity index (χ0n) is 12.3. The summed E-state index contributed by atoms with van der Waals surface area (Å²) >= 11 is 0. The van der Waals surface area contributed by atoms with E-state index in [1.165, 1.54) is 25.8 Å². The van der Waals surface area contributed by atoms with E-state index in [1.54, 1.807) is 6.20 Å². The lowest BCUT2D eigenvalue weighted by molar-refractivity contribution is 0.301. The largest absolute Gasteiger partial charge is 0.370 e. The fourth-order valence-electron chi connectivity index (χ4n) is 2.98. The van der Waals surface area contributed by atoms with Gasteiger partial charge in [-0.3, -0.25) is 0 Å². The highest BCUT2D eigenvalue weighted by Crippen LogP contribution is 2.18. The van der Waals surface area contributed by atoms with Gasteiger partial charge in [0.1, 0.15) is 5.82 Å². The van der Waals surface area contributed by atoms with Crippen LogP contribution < -0.4 is 5.32 Å². The third kappa shape index (κ3) is 2.63. The number of nitrogens with zero attached hydrogens (tertiary/aromatic N) is 4. The van der Waals surface area contributed by atoms with E-state index in [0.717, 1.165) is 36.2 Å². The van der Waals surface area contributed by atoms with E-state index in [4.69, 9.17) is 0 Å². The molecule has 5 nitrogen and oxygen atoms in total. The Balaban J connectivity index is 1.68. The predicted molar refractivity (Wildman–Crippen MR) is 81.1 cm³/mol. The molecular weight excluding hydrogens is 250 g/mol. The summed E-state index contributed by atoms with van der Waals surface area (Å²) in [6.07, 6.45) is 6.59. The molecule has 0 spiro atoms. The van der Waals surface area contributed by atoms with Gasteiger partial charge in [0.15, 0.2) is 5.65 Å². The van der Waals surface area contributed by atoms with Crippen molar-refractivity contribution in [3.63, 3.8) is 0 Å². The van der Waals surface area contributed by atoms with E-state index < -0.39 is 0 Å². The molecule has 108 valence electrons. The summed E-state index contributed by atoms with van der Waals surface area (Å²) in [5, 5.41) is 7.87. The van der Waals surface area contributed by atoms with Gasteiger partial charge in [0.2, 0.25) is 0 Å². The van der Waals surface area contributed by atoms with Crippen LogP contribution in [0.25, 0.3) is 5.65 Å². The quantitative estimate of drug-likeness (QED) is 0.907. The topological polar surface area (TPSA) is 45.5 Å². The van der Waals surface area contributed by atoms with Crippen LogP contribution in [0.5, 0.6) is 0 Å². The van der Waals surface area contributed by atoms with Gasteiger partial charge in [-0.15, -0.1) is 0 Å². The molecule has 0 aromatic carbocycles. The first-order chi connectivity index (χ1) is 9.78. The molecule has 0 aliphatic carbocycles. The summed E-state index contributed by atoms with van der Waals surface area (Å²) in [7, 11) is 2.23. The van der Waals surface area contributed by atoms with Crippen molar-refractivity contribution in [3.8, 4) is 0 Å². The van der Waals surface area contributed by atoms with Crippen LogP contribution in [0.2, 0.25) is 0 Å². The second kappa shape index (κ2) is 5.79. The molecule has 20 heavy (non-hydrogen) atoms. The maximum absolute atomic E-state index is 4.56. The molecule has 1 atom stereocenters. The van der Waals surface area contributed by atoms with Crippen LogP contribution >= 0.6 is 0 Å². The predicted octanol–water partition coefficient (Wildman–Crippen LogP) is 2.19. The van der Waals surface area contributed by atoms with Gasteiger partial charge >= 0.3 is 0 Å². The highest BCUT2D eigenvalue weighted by Gasteiger charge is 2.20. The highest BCUT2D eigenvalue weighted by atomic mass is 15.3. The molecule has 0 unspecified atom stereocenters.